The number of rotatable bonds is 8. The van der Waals surface area contributed by atoms with Gasteiger partial charge in [-0.1, -0.05) is 25.0 Å². The maximum Gasteiger partial charge on any atom is 0.230 e. The van der Waals surface area contributed by atoms with Gasteiger partial charge in [-0.05, 0) is 44.6 Å². The zero-order valence-electron chi connectivity index (χ0n) is 19.2. The van der Waals surface area contributed by atoms with Crippen molar-refractivity contribution < 1.29 is 9.53 Å². The fourth-order valence-electron chi connectivity index (χ4n) is 4.08. The van der Waals surface area contributed by atoms with Crippen LogP contribution >= 0.6 is 24.0 Å². The summed E-state index contributed by atoms with van der Waals surface area (Å²) in [6.07, 6.45) is 4.07. The Balaban J connectivity index is 0.00000450. The molecule has 0 heterocycles. The monoisotopic (exact) mass is 531 g/mol. The van der Waals surface area contributed by atoms with Crippen LogP contribution in [0.4, 0.5) is 0 Å². The quantitative estimate of drug-likeness (QED) is 0.307. The lowest BCUT2D eigenvalue weighted by atomic mass is 9.84. The van der Waals surface area contributed by atoms with Crippen molar-refractivity contribution in [1.29, 1.82) is 0 Å². The molecule has 2 rings (SSSR count). The number of ether oxygens (including phenoxy) is 1. The van der Waals surface area contributed by atoms with Gasteiger partial charge in [0.05, 0.1) is 18.6 Å². The maximum atomic E-state index is 12.8. The first-order chi connectivity index (χ1) is 13.8. The number of hydrogen-bond donors (Lipinski definition) is 2. The highest BCUT2D eigenvalue weighted by molar-refractivity contribution is 14.0. The second-order valence-electron chi connectivity index (χ2n) is 8.25. The second kappa shape index (κ2) is 12.3. The molecule has 170 valence electrons. The minimum atomic E-state index is -0.321. The Labute approximate surface area is 198 Å². The van der Waals surface area contributed by atoms with Gasteiger partial charge in [0, 0.05) is 34.2 Å². The van der Waals surface area contributed by atoms with Gasteiger partial charge in [0.1, 0.15) is 5.75 Å². The topological polar surface area (TPSA) is 69.2 Å². The largest absolute Gasteiger partial charge is 0.497 e. The summed E-state index contributed by atoms with van der Waals surface area (Å²) in [6, 6.07) is 8.32. The summed E-state index contributed by atoms with van der Waals surface area (Å²) in [5, 5.41) is 6.83. The Kier molecular flexibility index (Phi) is 10.9. The highest BCUT2D eigenvalue weighted by atomic mass is 127. The summed E-state index contributed by atoms with van der Waals surface area (Å²) in [4.78, 5) is 21.0. The summed E-state index contributed by atoms with van der Waals surface area (Å²) < 4.78 is 5.26. The zero-order chi connectivity index (χ0) is 21.4. The minimum absolute atomic E-state index is 0. The normalized spacial score (nSPS) is 16.6. The molecule has 0 saturated heterocycles. The molecule has 7 nitrogen and oxygen atoms in total. The highest BCUT2D eigenvalue weighted by Crippen LogP contribution is 2.38. The Hall–Kier alpha value is -1.55. The SMILES string of the molecule is CN=C(NCC(c1ccc(OC)cc1)N(C)C)NCC1(C(=O)N(C)C)CCCC1.I. The molecule has 1 unspecified atom stereocenters. The van der Waals surface area contributed by atoms with E-state index in [1.807, 2.05) is 26.2 Å². The molecule has 0 aliphatic heterocycles. The molecule has 1 saturated carbocycles. The lowest BCUT2D eigenvalue weighted by molar-refractivity contribution is -0.138. The molecule has 1 amide bonds. The van der Waals surface area contributed by atoms with Gasteiger partial charge in [0.2, 0.25) is 5.91 Å². The van der Waals surface area contributed by atoms with Crippen LogP contribution in [-0.2, 0) is 4.79 Å². The Morgan fingerprint density at radius 1 is 1.13 bits per heavy atom. The molecular weight excluding hydrogens is 493 g/mol. The molecule has 8 heteroatoms. The summed E-state index contributed by atoms with van der Waals surface area (Å²) in [6.45, 7) is 1.31. The van der Waals surface area contributed by atoms with Crippen molar-refractivity contribution in [3.63, 3.8) is 0 Å². The van der Waals surface area contributed by atoms with Crippen molar-refractivity contribution in [2.24, 2.45) is 10.4 Å². The van der Waals surface area contributed by atoms with E-state index in [1.165, 1.54) is 5.56 Å². The van der Waals surface area contributed by atoms with E-state index in [4.69, 9.17) is 4.74 Å². The molecule has 0 radical (unpaired) electrons. The minimum Gasteiger partial charge on any atom is -0.497 e. The van der Waals surface area contributed by atoms with Crippen molar-refractivity contribution in [1.82, 2.24) is 20.4 Å². The number of nitrogens with zero attached hydrogens (tertiary/aromatic N) is 3. The average molecular weight is 531 g/mol. The van der Waals surface area contributed by atoms with Gasteiger partial charge >= 0.3 is 0 Å². The van der Waals surface area contributed by atoms with E-state index in [2.05, 4.69) is 46.8 Å². The van der Waals surface area contributed by atoms with Crippen molar-refractivity contribution in [2.75, 3.05) is 55.4 Å². The van der Waals surface area contributed by atoms with Crippen LogP contribution in [0.2, 0.25) is 0 Å². The van der Waals surface area contributed by atoms with Crippen LogP contribution in [0.1, 0.15) is 37.3 Å². The van der Waals surface area contributed by atoms with E-state index in [-0.39, 0.29) is 41.3 Å². The first-order valence-electron chi connectivity index (χ1n) is 10.3. The maximum absolute atomic E-state index is 12.8. The number of carbonyl (C=O) groups excluding carboxylic acids is 1. The highest BCUT2D eigenvalue weighted by Gasteiger charge is 2.42. The number of amides is 1. The van der Waals surface area contributed by atoms with Gasteiger partial charge in [-0.3, -0.25) is 9.79 Å². The number of hydrogen-bond acceptors (Lipinski definition) is 4. The molecule has 1 atom stereocenters. The number of carbonyl (C=O) groups is 1. The smallest absolute Gasteiger partial charge is 0.230 e. The van der Waals surface area contributed by atoms with Crippen molar-refractivity contribution in [3.8, 4) is 5.75 Å². The van der Waals surface area contributed by atoms with Crippen molar-refractivity contribution >= 4 is 35.8 Å². The molecule has 1 aliphatic carbocycles. The molecule has 0 spiro atoms. The summed E-state index contributed by atoms with van der Waals surface area (Å²) in [5.41, 5.74) is 0.881. The molecule has 1 aromatic rings. The predicted octanol–water partition coefficient (Wildman–Crippen LogP) is 2.73. The van der Waals surface area contributed by atoms with Crippen LogP contribution < -0.4 is 15.4 Å². The molecular formula is C22H38IN5O2. The molecule has 1 aliphatic rings. The van der Waals surface area contributed by atoms with Crippen LogP contribution in [0, 0.1) is 5.41 Å². The third-order valence-electron chi connectivity index (χ3n) is 5.83. The van der Waals surface area contributed by atoms with Crippen LogP contribution in [0.5, 0.6) is 5.75 Å². The van der Waals surface area contributed by atoms with Gasteiger partial charge in [0.25, 0.3) is 0 Å². The lowest BCUT2D eigenvalue weighted by Gasteiger charge is -2.32. The summed E-state index contributed by atoms with van der Waals surface area (Å²) in [7, 11) is 11.3. The van der Waals surface area contributed by atoms with Crippen LogP contribution in [0.15, 0.2) is 29.3 Å². The summed E-state index contributed by atoms with van der Waals surface area (Å²) in [5.74, 6) is 1.79. The molecule has 1 aromatic carbocycles. The molecule has 30 heavy (non-hydrogen) atoms. The molecule has 2 N–H and O–H groups in total. The van der Waals surface area contributed by atoms with Crippen LogP contribution in [0.3, 0.4) is 0 Å². The standard InChI is InChI=1S/C22H37N5O2.HI/c1-23-21(25-16-22(13-7-8-14-22)20(28)27(4)5)24-15-19(26(2)3)17-9-11-18(29-6)12-10-17;/h9-12,19H,7-8,13-16H2,1-6H3,(H2,23,24,25);1H. The predicted molar refractivity (Wildman–Crippen MR) is 134 cm³/mol. The Bertz CT molecular complexity index is 685. The van der Waals surface area contributed by atoms with Gasteiger partial charge in [0.15, 0.2) is 5.96 Å². The van der Waals surface area contributed by atoms with E-state index < -0.39 is 0 Å². The number of methoxy groups -OCH3 is 1. The summed E-state index contributed by atoms with van der Waals surface area (Å²) >= 11 is 0. The van der Waals surface area contributed by atoms with Gasteiger partial charge in [-0.25, -0.2) is 0 Å². The number of benzene rings is 1. The number of guanidine groups is 1. The van der Waals surface area contributed by atoms with E-state index >= 15 is 0 Å². The van der Waals surface area contributed by atoms with E-state index in [0.717, 1.165) is 37.4 Å². The number of likely N-dealkylation sites (N-methyl/N-ethyl adjacent to an activating group) is 1. The van der Waals surface area contributed by atoms with Crippen molar-refractivity contribution in [3.05, 3.63) is 29.8 Å². The van der Waals surface area contributed by atoms with E-state index in [9.17, 15) is 4.79 Å². The van der Waals surface area contributed by atoms with Crippen LogP contribution in [-0.4, -0.2) is 77.1 Å². The van der Waals surface area contributed by atoms with E-state index in [1.54, 1.807) is 19.1 Å². The Morgan fingerprint density at radius 2 is 1.73 bits per heavy atom. The zero-order valence-corrected chi connectivity index (χ0v) is 21.5. The number of nitrogens with one attached hydrogen (secondary N) is 2. The third kappa shape index (κ3) is 6.73. The van der Waals surface area contributed by atoms with E-state index in [0.29, 0.717) is 13.1 Å². The average Bonchev–Trinajstić information content (AvgIpc) is 3.20. The third-order valence-corrected chi connectivity index (χ3v) is 5.83. The fraction of sp³-hybridized carbons (Fsp3) is 0.636. The number of aliphatic imine (C=N–C) groups is 1. The van der Waals surface area contributed by atoms with Gasteiger partial charge in [-0.2, -0.15) is 0 Å². The van der Waals surface area contributed by atoms with Gasteiger partial charge < -0.3 is 25.2 Å². The van der Waals surface area contributed by atoms with Crippen LogP contribution in [0.25, 0.3) is 0 Å². The lowest BCUT2D eigenvalue weighted by Crippen LogP contribution is -2.50. The van der Waals surface area contributed by atoms with Gasteiger partial charge in [-0.15, -0.1) is 24.0 Å². The molecule has 0 bridgehead atoms. The fourth-order valence-corrected chi connectivity index (χ4v) is 4.08. The van der Waals surface area contributed by atoms with Crippen molar-refractivity contribution in [2.45, 2.75) is 31.7 Å². The molecule has 1 fully saturated rings. The second-order valence-corrected chi connectivity index (χ2v) is 8.25. The number of halogens is 1. The molecule has 0 aromatic heterocycles. The first kappa shape index (κ1) is 26.5. The Morgan fingerprint density at radius 3 is 2.20 bits per heavy atom. The first-order valence-corrected chi connectivity index (χ1v) is 10.3.